The summed E-state index contributed by atoms with van der Waals surface area (Å²) in [4.78, 5) is 18.1. The molecular formula is C13H19N3O4S. The van der Waals surface area contributed by atoms with Crippen molar-refractivity contribution in [2.45, 2.75) is 6.42 Å². The van der Waals surface area contributed by atoms with Crippen molar-refractivity contribution >= 4 is 15.9 Å². The van der Waals surface area contributed by atoms with Gasteiger partial charge in [-0.1, -0.05) is 0 Å². The molecule has 0 bridgehead atoms. The highest BCUT2D eigenvalue weighted by atomic mass is 32.2. The van der Waals surface area contributed by atoms with E-state index in [1.807, 2.05) is 0 Å². The molecule has 21 heavy (non-hydrogen) atoms. The highest BCUT2D eigenvalue weighted by molar-refractivity contribution is 7.88. The van der Waals surface area contributed by atoms with E-state index in [-0.39, 0.29) is 5.91 Å². The van der Waals surface area contributed by atoms with E-state index in [2.05, 4.69) is 4.98 Å². The van der Waals surface area contributed by atoms with Gasteiger partial charge in [0.05, 0.1) is 18.9 Å². The highest BCUT2D eigenvalue weighted by Crippen LogP contribution is 2.12. The molecule has 7 nitrogen and oxygen atoms in total. The molecule has 0 atom stereocenters. The van der Waals surface area contributed by atoms with Crippen molar-refractivity contribution < 1.29 is 17.9 Å². The Morgan fingerprint density at radius 3 is 2.57 bits per heavy atom. The number of carbonyl (C=O) groups is 1. The van der Waals surface area contributed by atoms with Crippen LogP contribution < -0.4 is 4.74 Å². The van der Waals surface area contributed by atoms with Gasteiger partial charge in [0.2, 0.25) is 15.9 Å². The molecule has 1 aromatic rings. The Hall–Kier alpha value is -1.67. The number of pyridine rings is 1. The Kier molecular flexibility index (Phi) is 4.79. The molecule has 116 valence electrons. The summed E-state index contributed by atoms with van der Waals surface area (Å²) < 4.78 is 29.5. The molecule has 1 saturated heterocycles. The van der Waals surface area contributed by atoms with Crippen molar-refractivity contribution in [1.82, 2.24) is 14.2 Å². The van der Waals surface area contributed by atoms with Crippen molar-refractivity contribution in [3.63, 3.8) is 0 Å². The predicted octanol–water partition coefficient (Wildman–Crippen LogP) is 0.198. The van der Waals surface area contributed by atoms with Crippen molar-refractivity contribution in [2.24, 2.45) is 0 Å². The van der Waals surface area contributed by atoms with Crippen LogP contribution in [0.5, 0.6) is 5.88 Å². The summed E-state index contributed by atoms with van der Waals surface area (Å²) >= 11 is 0. The van der Waals surface area contributed by atoms with E-state index < -0.39 is 10.0 Å². The smallest absolute Gasteiger partial charge is 0.255 e. The zero-order valence-corrected chi connectivity index (χ0v) is 13.0. The lowest BCUT2D eigenvalue weighted by Crippen LogP contribution is -2.37. The second-order valence-corrected chi connectivity index (χ2v) is 6.88. The number of carbonyl (C=O) groups excluding carboxylic acids is 1. The number of nitrogens with zero attached hydrogens (tertiary/aromatic N) is 3. The number of ether oxygens (including phenoxy) is 1. The molecule has 1 fully saturated rings. The van der Waals surface area contributed by atoms with E-state index in [1.165, 1.54) is 23.9 Å². The summed E-state index contributed by atoms with van der Waals surface area (Å²) in [5.41, 5.74) is 0.476. The van der Waals surface area contributed by atoms with Crippen molar-refractivity contribution in [3.05, 3.63) is 23.9 Å². The van der Waals surface area contributed by atoms with E-state index in [1.54, 1.807) is 17.0 Å². The lowest BCUT2D eigenvalue weighted by atomic mass is 10.2. The lowest BCUT2D eigenvalue weighted by Gasteiger charge is -2.21. The monoisotopic (exact) mass is 313 g/mol. The number of aromatic nitrogens is 1. The molecule has 1 aromatic heterocycles. The van der Waals surface area contributed by atoms with Gasteiger partial charge in [-0.25, -0.2) is 17.7 Å². The van der Waals surface area contributed by atoms with Crippen LogP contribution in [0.2, 0.25) is 0 Å². The number of hydrogen-bond donors (Lipinski definition) is 0. The molecule has 0 aliphatic carbocycles. The fourth-order valence-electron chi connectivity index (χ4n) is 2.24. The van der Waals surface area contributed by atoms with Gasteiger partial charge in [0, 0.05) is 38.4 Å². The van der Waals surface area contributed by atoms with Crippen molar-refractivity contribution in [1.29, 1.82) is 0 Å². The Balaban J connectivity index is 2.06. The molecule has 1 aliphatic heterocycles. The molecule has 2 rings (SSSR count). The Morgan fingerprint density at radius 2 is 2.00 bits per heavy atom. The van der Waals surface area contributed by atoms with Crippen molar-refractivity contribution in [2.75, 3.05) is 39.5 Å². The number of methoxy groups -OCH3 is 1. The zero-order valence-electron chi connectivity index (χ0n) is 12.2. The van der Waals surface area contributed by atoms with Gasteiger partial charge in [0.15, 0.2) is 0 Å². The minimum absolute atomic E-state index is 0.138. The van der Waals surface area contributed by atoms with E-state index in [4.69, 9.17) is 4.74 Å². The molecule has 1 aliphatic rings. The van der Waals surface area contributed by atoms with Gasteiger partial charge in [0.1, 0.15) is 0 Å². The first-order valence-electron chi connectivity index (χ1n) is 6.66. The SMILES string of the molecule is COc1ccc(C(=O)N2CCCN(S(C)(=O)=O)CC2)cn1. The van der Waals surface area contributed by atoms with Gasteiger partial charge in [-0.05, 0) is 12.5 Å². The normalized spacial score (nSPS) is 17.3. The number of sulfonamides is 1. The van der Waals surface area contributed by atoms with Crippen LogP contribution in [0.1, 0.15) is 16.8 Å². The van der Waals surface area contributed by atoms with Crippen LogP contribution in [0.15, 0.2) is 18.3 Å². The number of amides is 1. The summed E-state index contributed by atoms with van der Waals surface area (Å²) in [7, 11) is -1.69. The molecule has 0 aromatic carbocycles. The summed E-state index contributed by atoms with van der Waals surface area (Å²) in [5.74, 6) is 0.311. The van der Waals surface area contributed by atoms with E-state index in [0.717, 1.165) is 0 Å². The van der Waals surface area contributed by atoms with Crippen LogP contribution >= 0.6 is 0 Å². The van der Waals surface area contributed by atoms with E-state index in [0.29, 0.717) is 44.0 Å². The summed E-state index contributed by atoms with van der Waals surface area (Å²) in [6, 6.07) is 3.29. The van der Waals surface area contributed by atoms with Crippen LogP contribution in [0.3, 0.4) is 0 Å². The molecule has 0 N–H and O–H groups in total. The maximum atomic E-state index is 12.4. The third-order valence-electron chi connectivity index (χ3n) is 3.40. The average Bonchev–Trinajstić information content (AvgIpc) is 2.72. The fourth-order valence-corrected chi connectivity index (χ4v) is 3.11. The quantitative estimate of drug-likeness (QED) is 0.796. The molecule has 8 heteroatoms. The molecule has 1 amide bonds. The van der Waals surface area contributed by atoms with Crippen LogP contribution in [0, 0.1) is 0 Å². The second kappa shape index (κ2) is 6.40. The van der Waals surface area contributed by atoms with Crippen LogP contribution in [0.4, 0.5) is 0 Å². The highest BCUT2D eigenvalue weighted by Gasteiger charge is 2.24. The molecule has 2 heterocycles. The Labute approximate surface area is 124 Å². The average molecular weight is 313 g/mol. The summed E-state index contributed by atoms with van der Waals surface area (Å²) in [5, 5.41) is 0. The lowest BCUT2D eigenvalue weighted by molar-refractivity contribution is 0.0763. The van der Waals surface area contributed by atoms with Gasteiger partial charge in [0.25, 0.3) is 5.91 Å². The molecular weight excluding hydrogens is 294 g/mol. The maximum Gasteiger partial charge on any atom is 0.255 e. The predicted molar refractivity (Wildman–Crippen MR) is 77.7 cm³/mol. The van der Waals surface area contributed by atoms with Crippen LogP contribution in [-0.2, 0) is 10.0 Å². The minimum atomic E-state index is -3.21. The van der Waals surface area contributed by atoms with Gasteiger partial charge in [-0.2, -0.15) is 0 Å². The standard InChI is InChI=1S/C13H19N3O4S/c1-20-12-5-4-11(10-14-12)13(17)15-6-3-7-16(9-8-15)21(2,18)19/h4-5,10H,3,6-9H2,1-2H3. The number of rotatable bonds is 3. The second-order valence-electron chi connectivity index (χ2n) is 4.90. The third kappa shape index (κ3) is 3.92. The van der Waals surface area contributed by atoms with E-state index >= 15 is 0 Å². The molecule has 0 radical (unpaired) electrons. The summed E-state index contributed by atoms with van der Waals surface area (Å²) in [6.07, 6.45) is 3.29. The van der Waals surface area contributed by atoms with E-state index in [9.17, 15) is 13.2 Å². The maximum absolute atomic E-state index is 12.4. The topological polar surface area (TPSA) is 79.8 Å². The van der Waals surface area contributed by atoms with Gasteiger partial charge in [-0.3, -0.25) is 4.79 Å². The first-order valence-corrected chi connectivity index (χ1v) is 8.51. The van der Waals surface area contributed by atoms with Crippen molar-refractivity contribution in [3.8, 4) is 5.88 Å². The third-order valence-corrected chi connectivity index (χ3v) is 4.71. The van der Waals surface area contributed by atoms with Crippen LogP contribution in [0.25, 0.3) is 0 Å². The largest absolute Gasteiger partial charge is 0.481 e. The molecule has 0 spiro atoms. The molecule has 0 unspecified atom stereocenters. The van der Waals surface area contributed by atoms with Gasteiger partial charge < -0.3 is 9.64 Å². The first-order chi connectivity index (χ1) is 9.91. The van der Waals surface area contributed by atoms with Crippen LogP contribution in [-0.4, -0.2) is 68.1 Å². The number of hydrogen-bond acceptors (Lipinski definition) is 5. The fraction of sp³-hybridized carbons (Fsp3) is 0.538. The first kappa shape index (κ1) is 15.7. The molecule has 0 saturated carbocycles. The van der Waals surface area contributed by atoms with Gasteiger partial charge >= 0.3 is 0 Å². The Bertz CT molecular complexity index is 600. The zero-order chi connectivity index (χ0) is 15.5. The Morgan fingerprint density at radius 1 is 1.24 bits per heavy atom. The summed E-state index contributed by atoms with van der Waals surface area (Å²) in [6.45, 7) is 1.70. The van der Waals surface area contributed by atoms with Gasteiger partial charge in [-0.15, -0.1) is 0 Å². The minimum Gasteiger partial charge on any atom is -0.481 e.